The van der Waals surface area contributed by atoms with E-state index in [9.17, 15) is 0 Å². The second-order valence-corrected chi connectivity index (χ2v) is 7.16. The van der Waals surface area contributed by atoms with Crippen molar-refractivity contribution in [1.82, 2.24) is 15.5 Å². The van der Waals surface area contributed by atoms with Crippen LogP contribution in [0.3, 0.4) is 0 Å². The molecule has 0 aromatic carbocycles. The molecule has 1 saturated carbocycles. The third-order valence-corrected chi connectivity index (χ3v) is 3.74. The van der Waals surface area contributed by atoms with Crippen LogP contribution in [0.1, 0.15) is 52.8 Å². The molecule has 0 unspecified atom stereocenters. The summed E-state index contributed by atoms with van der Waals surface area (Å²) in [7, 11) is 0. The number of hydrogen-bond donors (Lipinski definition) is 1. The van der Waals surface area contributed by atoms with Crippen LogP contribution in [0.2, 0.25) is 0 Å². The van der Waals surface area contributed by atoms with E-state index in [1.54, 1.807) is 0 Å². The maximum atomic E-state index is 4.73. The molecule has 1 N–H and O–H groups in total. The molecule has 2 rings (SSSR count). The first-order chi connectivity index (χ1) is 8.36. The summed E-state index contributed by atoms with van der Waals surface area (Å²) >= 11 is 0. The van der Waals surface area contributed by atoms with Crippen LogP contribution in [0.15, 0.2) is 10.9 Å². The fourth-order valence-electron chi connectivity index (χ4n) is 3.68. The van der Waals surface area contributed by atoms with Crippen LogP contribution in [0.25, 0.3) is 0 Å². The minimum Gasteiger partial charge on any atom is -0.343 e. The van der Waals surface area contributed by atoms with Gasteiger partial charge in [-0.2, -0.15) is 4.98 Å². The highest BCUT2D eigenvalue weighted by Crippen LogP contribution is 2.45. The standard InChI is InChI=1S/C14H25N3O/c1-13(2)7-11(8-14(3,4)9-13)15-6-5-12-16-10-18-17-12/h10-11,15H,5-9H2,1-4H3. The van der Waals surface area contributed by atoms with Crippen molar-refractivity contribution < 1.29 is 4.52 Å². The highest BCUT2D eigenvalue weighted by Gasteiger charge is 2.37. The topological polar surface area (TPSA) is 51.0 Å². The van der Waals surface area contributed by atoms with E-state index in [1.165, 1.54) is 25.7 Å². The number of hydrogen-bond acceptors (Lipinski definition) is 4. The molecule has 0 radical (unpaired) electrons. The predicted molar refractivity (Wildman–Crippen MR) is 71.2 cm³/mol. The van der Waals surface area contributed by atoms with E-state index in [0.29, 0.717) is 16.9 Å². The van der Waals surface area contributed by atoms with E-state index in [2.05, 4.69) is 43.2 Å². The highest BCUT2D eigenvalue weighted by molar-refractivity contribution is 4.92. The summed E-state index contributed by atoms with van der Waals surface area (Å²) in [5.41, 5.74) is 0.872. The van der Waals surface area contributed by atoms with Crippen molar-refractivity contribution in [3.63, 3.8) is 0 Å². The zero-order valence-electron chi connectivity index (χ0n) is 12.0. The monoisotopic (exact) mass is 251 g/mol. The van der Waals surface area contributed by atoms with Gasteiger partial charge in [0.25, 0.3) is 0 Å². The molecule has 0 atom stereocenters. The fraction of sp³-hybridized carbons (Fsp3) is 0.857. The Morgan fingerprint density at radius 1 is 1.28 bits per heavy atom. The summed E-state index contributed by atoms with van der Waals surface area (Å²) in [6, 6.07) is 0.607. The lowest BCUT2D eigenvalue weighted by molar-refractivity contribution is 0.0853. The molecule has 4 nitrogen and oxygen atoms in total. The summed E-state index contributed by atoms with van der Waals surface area (Å²) < 4.78 is 4.73. The van der Waals surface area contributed by atoms with Crippen molar-refractivity contribution in [2.45, 2.75) is 59.4 Å². The lowest BCUT2D eigenvalue weighted by Gasteiger charge is -2.45. The molecule has 1 fully saturated rings. The van der Waals surface area contributed by atoms with Crippen molar-refractivity contribution >= 4 is 0 Å². The number of nitrogens with one attached hydrogen (secondary N) is 1. The summed E-state index contributed by atoms with van der Waals surface area (Å²) in [5, 5.41) is 7.48. The smallest absolute Gasteiger partial charge is 0.213 e. The summed E-state index contributed by atoms with van der Waals surface area (Å²) in [5.74, 6) is 0.789. The Balaban J connectivity index is 1.82. The van der Waals surface area contributed by atoms with E-state index in [-0.39, 0.29) is 0 Å². The van der Waals surface area contributed by atoms with Gasteiger partial charge in [-0.25, -0.2) is 0 Å². The van der Waals surface area contributed by atoms with Gasteiger partial charge in [-0.3, -0.25) is 0 Å². The van der Waals surface area contributed by atoms with Crippen LogP contribution in [0.5, 0.6) is 0 Å². The van der Waals surface area contributed by atoms with E-state index in [0.717, 1.165) is 18.8 Å². The Bertz CT molecular complexity index is 354. The molecular weight excluding hydrogens is 226 g/mol. The molecule has 4 heteroatoms. The summed E-state index contributed by atoms with van der Waals surface area (Å²) in [6.45, 7) is 10.4. The van der Waals surface area contributed by atoms with Crippen LogP contribution in [-0.4, -0.2) is 22.7 Å². The minimum absolute atomic E-state index is 0.436. The van der Waals surface area contributed by atoms with Crippen molar-refractivity contribution in [2.24, 2.45) is 10.8 Å². The van der Waals surface area contributed by atoms with Crippen LogP contribution < -0.4 is 5.32 Å². The number of rotatable bonds is 4. The highest BCUT2D eigenvalue weighted by atomic mass is 16.5. The molecule has 1 aliphatic carbocycles. The Labute approximate surface area is 110 Å². The first-order valence-electron chi connectivity index (χ1n) is 6.85. The van der Waals surface area contributed by atoms with Gasteiger partial charge in [0.2, 0.25) is 6.39 Å². The lowest BCUT2D eigenvalue weighted by atomic mass is 9.63. The molecule has 0 spiro atoms. The number of nitrogens with zero attached hydrogens (tertiary/aromatic N) is 2. The Hall–Kier alpha value is -0.900. The average molecular weight is 251 g/mol. The normalized spacial score (nSPS) is 23.1. The molecule has 0 aliphatic heterocycles. The maximum Gasteiger partial charge on any atom is 0.213 e. The number of aromatic nitrogens is 2. The lowest BCUT2D eigenvalue weighted by Crippen LogP contribution is -2.44. The van der Waals surface area contributed by atoms with Crippen molar-refractivity contribution in [3.05, 3.63) is 12.2 Å². The van der Waals surface area contributed by atoms with Gasteiger partial charge in [0.15, 0.2) is 5.82 Å². The molecule has 1 aromatic heterocycles. The van der Waals surface area contributed by atoms with Gasteiger partial charge in [-0.15, -0.1) is 0 Å². The molecule has 1 aromatic rings. The van der Waals surface area contributed by atoms with Gasteiger partial charge in [-0.1, -0.05) is 32.9 Å². The van der Waals surface area contributed by atoms with Gasteiger partial charge in [0.05, 0.1) is 0 Å². The first kappa shape index (κ1) is 13.5. The first-order valence-corrected chi connectivity index (χ1v) is 6.85. The largest absolute Gasteiger partial charge is 0.343 e. The SMILES string of the molecule is CC1(C)CC(NCCc2ncon2)CC(C)(C)C1. The van der Waals surface area contributed by atoms with E-state index < -0.39 is 0 Å². The fourth-order valence-corrected chi connectivity index (χ4v) is 3.68. The van der Waals surface area contributed by atoms with Gasteiger partial charge < -0.3 is 9.84 Å². The zero-order valence-corrected chi connectivity index (χ0v) is 12.0. The average Bonchev–Trinajstić information content (AvgIpc) is 2.65. The molecule has 0 amide bonds. The Morgan fingerprint density at radius 3 is 2.50 bits per heavy atom. The predicted octanol–water partition coefficient (Wildman–Crippen LogP) is 2.81. The van der Waals surface area contributed by atoms with Crippen molar-refractivity contribution in [3.8, 4) is 0 Å². The van der Waals surface area contributed by atoms with Crippen LogP contribution >= 0.6 is 0 Å². The quantitative estimate of drug-likeness (QED) is 0.894. The second kappa shape index (κ2) is 5.00. The molecular formula is C14H25N3O. The molecule has 18 heavy (non-hydrogen) atoms. The third-order valence-electron chi connectivity index (χ3n) is 3.74. The minimum atomic E-state index is 0.436. The summed E-state index contributed by atoms with van der Waals surface area (Å²) in [6.07, 6.45) is 6.05. The molecule has 1 aliphatic rings. The van der Waals surface area contributed by atoms with E-state index in [1.807, 2.05) is 0 Å². The molecule has 1 heterocycles. The van der Waals surface area contributed by atoms with Gasteiger partial charge in [-0.05, 0) is 30.1 Å². The zero-order chi connectivity index (χ0) is 13.2. The van der Waals surface area contributed by atoms with Gasteiger partial charge in [0.1, 0.15) is 0 Å². The van der Waals surface area contributed by atoms with E-state index >= 15 is 0 Å². The van der Waals surface area contributed by atoms with E-state index in [4.69, 9.17) is 4.52 Å². The van der Waals surface area contributed by atoms with Gasteiger partial charge in [0, 0.05) is 19.0 Å². The molecule has 0 saturated heterocycles. The van der Waals surface area contributed by atoms with Gasteiger partial charge >= 0.3 is 0 Å². The van der Waals surface area contributed by atoms with Crippen molar-refractivity contribution in [2.75, 3.05) is 6.54 Å². The maximum absolute atomic E-state index is 4.73. The van der Waals surface area contributed by atoms with Crippen molar-refractivity contribution in [1.29, 1.82) is 0 Å². The molecule has 0 bridgehead atoms. The summed E-state index contributed by atoms with van der Waals surface area (Å²) in [4.78, 5) is 4.04. The third kappa shape index (κ3) is 3.80. The molecule has 102 valence electrons. The second-order valence-electron chi connectivity index (χ2n) is 7.16. The van der Waals surface area contributed by atoms with Crippen LogP contribution in [0.4, 0.5) is 0 Å². The Kier molecular flexibility index (Phi) is 3.76. The van der Waals surface area contributed by atoms with Crippen LogP contribution in [-0.2, 0) is 6.42 Å². The Morgan fingerprint density at radius 2 is 1.94 bits per heavy atom. The van der Waals surface area contributed by atoms with Crippen LogP contribution in [0, 0.1) is 10.8 Å².